The molecule has 2 amide bonds. The highest BCUT2D eigenvalue weighted by molar-refractivity contribution is 5.92. The highest BCUT2D eigenvalue weighted by Gasteiger charge is 2.18. The van der Waals surface area contributed by atoms with E-state index in [1.54, 1.807) is 12.4 Å². The molecule has 0 spiro atoms. The third-order valence-electron chi connectivity index (χ3n) is 4.34. The molecule has 3 aromatic rings. The van der Waals surface area contributed by atoms with Crippen molar-refractivity contribution in [3.8, 4) is 11.3 Å². The number of aromatic amines is 1. The highest BCUT2D eigenvalue weighted by Crippen LogP contribution is 2.25. The number of H-pyrrole nitrogens is 1. The highest BCUT2D eigenvalue weighted by atomic mass is 16.2. The molecule has 0 saturated carbocycles. The smallest absolute Gasteiger partial charge is 0.323 e. The van der Waals surface area contributed by atoms with Gasteiger partial charge in [0.25, 0.3) is 0 Å². The molecule has 6 heteroatoms. The van der Waals surface area contributed by atoms with Gasteiger partial charge in [0.2, 0.25) is 0 Å². The average Bonchev–Trinajstić information content (AvgIpc) is 3.24. The zero-order valence-corrected chi connectivity index (χ0v) is 13.5. The lowest BCUT2D eigenvalue weighted by Crippen LogP contribution is -2.32. The number of fused-ring (bicyclic) bond motifs is 1. The van der Waals surface area contributed by atoms with E-state index in [0.29, 0.717) is 5.82 Å². The molecular formula is C18H19N5O. The Kier molecular flexibility index (Phi) is 3.65. The molecule has 0 bridgehead atoms. The fourth-order valence-corrected chi connectivity index (χ4v) is 3.07. The summed E-state index contributed by atoms with van der Waals surface area (Å²) in [5, 5.41) is 3.89. The maximum absolute atomic E-state index is 12.2. The van der Waals surface area contributed by atoms with Crippen LogP contribution in [-0.4, -0.2) is 39.0 Å². The second-order valence-corrected chi connectivity index (χ2v) is 6.15. The molecule has 0 aromatic carbocycles. The molecule has 0 radical (unpaired) electrons. The molecule has 0 atom stereocenters. The fraction of sp³-hybridized carbons (Fsp3) is 0.278. The van der Waals surface area contributed by atoms with E-state index in [0.717, 1.165) is 53.8 Å². The molecule has 4 rings (SSSR count). The minimum atomic E-state index is -0.0733. The third-order valence-corrected chi connectivity index (χ3v) is 4.34. The van der Waals surface area contributed by atoms with Gasteiger partial charge in [-0.15, -0.1) is 0 Å². The Morgan fingerprint density at radius 1 is 1.21 bits per heavy atom. The summed E-state index contributed by atoms with van der Waals surface area (Å²) < 4.78 is 0. The van der Waals surface area contributed by atoms with Gasteiger partial charge in [0.05, 0.1) is 5.52 Å². The van der Waals surface area contributed by atoms with Gasteiger partial charge in [-0.2, -0.15) is 0 Å². The number of aromatic nitrogens is 3. The monoisotopic (exact) mass is 321 g/mol. The van der Waals surface area contributed by atoms with E-state index in [2.05, 4.69) is 26.3 Å². The Balaban J connectivity index is 1.60. The van der Waals surface area contributed by atoms with Crippen molar-refractivity contribution in [1.82, 2.24) is 19.9 Å². The number of hydrogen-bond acceptors (Lipinski definition) is 3. The Bertz CT molecular complexity index is 895. The fourth-order valence-electron chi connectivity index (χ4n) is 3.07. The van der Waals surface area contributed by atoms with Crippen molar-refractivity contribution in [3.63, 3.8) is 0 Å². The molecule has 0 unspecified atom stereocenters. The number of anilines is 1. The number of rotatable bonds is 2. The summed E-state index contributed by atoms with van der Waals surface area (Å²) in [4.78, 5) is 26.0. The van der Waals surface area contributed by atoms with Crippen LogP contribution in [0.4, 0.5) is 10.6 Å². The van der Waals surface area contributed by atoms with E-state index in [9.17, 15) is 4.79 Å². The van der Waals surface area contributed by atoms with Crippen LogP contribution >= 0.6 is 0 Å². The summed E-state index contributed by atoms with van der Waals surface area (Å²) in [5.41, 5.74) is 4.02. The van der Waals surface area contributed by atoms with Gasteiger partial charge in [0.15, 0.2) is 0 Å². The molecule has 1 aliphatic rings. The number of urea groups is 1. The number of pyridine rings is 2. The van der Waals surface area contributed by atoms with Gasteiger partial charge in [-0.1, -0.05) is 0 Å². The zero-order valence-electron chi connectivity index (χ0n) is 13.5. The zero-order chi connectivity index (χ0) is 16.5. The Hall–Kier alpha value is -2.89. The van der Waals surface area contributed by atoms with Crippen LogP contribution in [-0.2, 0) is 0 Å². The number of nitrogens with one attached hydrogen (secondary N) is 2. The molecule has 1 aliphatic heterocycles. The van der Waals surface area contributed by atoms with Crippen LogP contribution in [0, 0.1) is 6.92 Å². The summed E-state index contributed by atoms with van der Waals surface area (Å²) in [6.07, 6.45) is 5.73. The van der Waals surface area contributed by atoms with Crippen LogP contribution in [0.2, 0.25) is 0 Å². The van der Waals surface area contributed by atoms with Crippen molar-refractivity contribution >= 4 is 22.8 Å². The van der Waals surface area contributed by atoms with Gasteiger partial charge >= 0.3 is 6.03 Å². The van der Waals surface area contributed by atoms with E-state index in [1.165, 1.54) is 0 Å². The molecule has 1 saturated heterocycles. The first-order valence-electron chi connectivity index (χ1n) is 8.17. The number of nitrogens with zero attached hydrogens (tertiary/aromatic N) is 3. The quantitative estimate of drug-likeness (QED) is 0.758. The summed E-state index contributed by atoms with van der Waals surface area (Å²) in [7, 11) is 0. The van der Waals surface area contributed by atoms with Gasteiger partial charge in [-0.3, -0.25) is 10.3 Å². The lowest BCUT2D eigenvalue weighted by atomic mass is 10.2. The van der Waals surface area contributed by atoms with Crippen LogP contribution in [0.1, 0.15) is 18.5 Å². The Morgan fingerprint density at radius 2 is 2.04 bits per heavy atom. The van der Waals surface area contributed by atoms with Crippen molar-refractivity contribution in [2.24, 2.45) is 0 Å². The number of amides is 2. The first-order valence-corrected chi connectivity index (χ1v) is 8.17. The van der Waals surface area contributed by atoms with Crippen LogP contribution in [0.3, 0.4) is 0 Å². The number of aryl methyl sites for hydroxylation is 1. The minimum absolute atomic E-state index is 0.0733. The van der Waals surface area contributed by atoms with Gasteiger partial charge in [-0.25, -0.2) is 9.78 Å². The number of likely N-dealkylation sites (tertiary alicyclic amines) is 1. The predicted octanol–water partition coefficient (Wildman–Crippen LogP) is 3.56. The molecule has 3 aromatic heterocycles. The van der Waals surface area contributed by atoms with Crippen molar-refractivity contribution in [3.05, 3.63) is 42.4 Å². The molecule has 2 N–H and O–H groups in total. The molecule has 1 fully saturated rings. The van der Waals surface area contributed by atoms with Gasteiger partial charge in [-0.05, 0) is 38.0 Å². The largest absolute Gasteiger partial charge is 0.354 e. The van der Waals surface area contributed by atoms with E-state index >= 15 is 0 Å². The topological polar surface area (TPSA) is 73.9 Å². The van der Waals surface area contributed by atoms with Crippen LogP contribution < -0.4 is 5.32 Å². The Labute approximate surface area is 139 Å². The summed E-state index contributed by atoms with van der Waals surface area (Å²) in [6, 6.07) is 7.87. The minimum Gasteiger partial charge on any atom is -0.354 e. The maximum atomic E-state index is 12.2. The standard InChI is InChI=1S/C18H19N5O/c1-12-8-13(4-5-19-12)15-9-14-11-20-17(10-16(14)21-15)22-18(24)23-6-2-3-7-23/h4-5,8-11,21H,2-3,6-7H2,1H3,(H,20,22,24). The van der Waals surface area contributed by atoms with Crippen molar-refractivity contribution in [2.75, 3.05) is 18.4 Å². The first kappa shape index (κ1) is 14.7. The molecule has 6 nitrogen and oxygen atoms in total. The summed E-state index contributed by atoms with van der Waals surface area (Å²) in [6.45, 7) is 3.62. The van der Waals surface area contributed by atoms with Gasteiger partial charge in [0.1, 0.15) is 5.82 Å². The van der Waals surface area contributed by atoms with Crippen LogP contribution in [0.15, 0.2) is 36.7 Å². The Morgan fingerprint density at radius 3 is 2.83 bits per heavy atom. The number of carbonyl (C=O) groups is 1. The first-order chi connectivity index (χ1) is 11.7. The summed E-state index contributed by atoms with van der Waals surface area (Å²) in [5.74, 6) is 0.568. The van der Waals surface area contributed by atoms with E-state index in [1.807, 2.05) is 30.0 Å². The van der Waals surface area contributed by atoms with E-state index in [-0.39, 0.29) is 6.03 Å². The van der Waals surface area contributed by atoms with Gasteiger partial charge < -0.3 is 9.88 Å². The van der Waals surface area contributed by atoms with Crippen molar-refractivity contribution < 1.29 is 4.79 Å². The number of carbonyl (C=O) groups excluding carboxylic acids is 1. The lowest BCUT2D eigenvalue weighted by molar-refractivity contribution is 0.222. The van der Waals surface area contributed by atoms with Gasteiger partial charge in [0, 0.05) is 53.9 Å². The molecule has 122 valence electrons. The van der Waals surface area contributed by atoms with Crippen LogP contribution in [0.5, 0.6) is 0 Å². The average molecular weight is 321 g/mol. The lowest BCUT2D eigenvalue weighted by Gasteiger charge is -2.15. The summed E-state index contributed by atoms with van der Waals surface area (Å²) >= 11 is 0. The van der Waals surface area contributed by atoms with E-state index in [4.69, 9.17) is 0 Å². The third kappa shape index (κ3) is 2.82. The molecular weight excluding hydrogens is 302 g/mol. The second kappa shape index (κ2) is 5.96. The molecule has 24 heavy (non-hydrogen) atoms. The van der Waals surface area contributed by atoms with Crippen molar-refractivity contribution in [2.45, 2.75) is 19.8 Å². The normalized spacial score (nSPS) is 14.3. The second-order valence-electron chi connectivity index (χ2n) is 6.15. The SMILES string of the molecule is Cc1cc(-c2cc3cnc(NC(=O)N4CCCC4)cc3[nH]2)ccn1. The maximum Gasteiger partial charge on any atom is 0.323 e. The van der Waals surface area contributed by atoms with E-state index < -0.39 is 0 Å². The molecule has 0 aliphatic carbocycles. The number of hydrogen-bond donors (Lipinski definition) is 2. The van der Waals surface area contributed by atoms with Crippen LogP contribution in [0.25, 0.3) is 22.2 Å². The predicted molar refractivity (Wildman–Crippen MR) is 93.9 cm³/mol. The van der Waals surface area contributed by atoms with Crippen molar-refractivity contribution in [1.29, 1.82) is 0 Å². The molecule has 4 heterocycles.